The van der Waals surface area contributed by atoms with Crippen LogP contribution in [0.25, 0.3) is 6.08 Å². The number of nitrogens with zero attached hydrogens (tertiary/aromatic N) is 2. The van der Waals surface area contributed by atoms with Crippen LogP contribution in [0.5, 0.6) is 17.2 Å². The van der Waals surface area contributed by atoms with Crippen LogP contribution in [0, 0.1) is 0 Å². The zero-order valence-corrected chi connectivity index (χ0v) is 18.1. The molecule has 0 aliphatic carbocycles. The number of methoxy groups -OCH3 is 2. The second kappa shape index (κ2) is 10.9. The Morgan fingerprint density at radius 2 is 1.80 bits per heavy atom. The minimum Gasteiger partial charge on any atom is -0.497 e. The van der Waals surface area contributed by atoms with E-state index < -0.39 is 0 Å². The Balaban J connectivity index is 1.46. The van der Waals surface area contributed by atoms with Gasteiger partial charge in [0.1, 0.15) is 23.9 Å². The number of para-hydroxylation sites is 1. The second-order valence-electron chi connectivity index (χ2n) is 6.89. The van der Waals surface area contributed by atoms with Crippen LogP contribution in [0.15, 0.2) is 48.5 Å². The number of amides is 1. The topological polar surface area (TPSA) is 51.2 Å². The van der Waals surface area contributed by atoms with Gasteiger partial charge in [0.2, 0.25) is 5.91 Å². The fraction of sp³-hybridized carbons (Fsp3) is 0.348. The first-order valence-corrected chi connectivity index (χ1v) is 10.3. The minimum absolute atomic E-state index is 0.00756. The van der Waals surface area contributed by atoms with Crippen LogP contribution in [-0.4, -0.2) is 69.3 Å². The summed E-state index contributed by atoms with van der Waals surface area (Å²) in [4.78, 5) is 16.7. The Bertz CT molecular complexity index is 879. The van der Waals surface area contributed by atoms with E-state index in [1.165, 1.54) is 0 Å². The van der Waals surface area contributed by atoms with Gasteiger partial charge in [0.15, 0.2) is 0 Å². The highest BCUT2D eigenvalue weighted by molar-refractivity contribution is 6.32. The Hall–Kier alpha value is -2.70. The summed E-state index contributed by atoms with van der Waals surface area (Å²) < 4.78 is 16.4. The highest BCUT2D eigenvalue weighted by Crippen LogP contribution is 2.25. The van der Waals surface area contributed by atoms with E-state index in [0.29, 0.717) is 36.2 Å². The summed E-state index contributed by atoms with van der Waals surface area (Å²) in [5.41, 5.74) is 0.806. The van der Waals surface area contributed by atoms with Crippen molar-refractivity contribution in [3.63, 3.8) is 0 Å². The Kier molecular flexibility index (Phi) is 7.99. The number of carbonyl (C=O) groups excluding carboxylic acids is 1. The first kappa shape index (κ1) is 22.0. The molecule has 1 aliphatic rings. The highest BCUT2D eigenvalue weighted by atomic mass is 35.5. The molecule has 7 heteroatoms. The van der Waals surface area contributed by atoms with Crippen molar-refractivity contribution >= 4 is 23.6 Å². The molecule has 2 aromatic carbocycles. The number of benzene rings is 2. The normalized spacial score (nSPS) is 14.7. The van der Waals surface area contributed by atoms with Gasteiger partial charge in [0.25, 0.3) is 0 Å². The van der Waals surface area contributed by atoms with Crippen LogP contribution in [0.4, 0.5) is 0 Å². The molecule has 0 aromatic heterocycles. The van der Waals surface area contributed by atoms with Crippen molar-refractivity contribution in [3.8, 4) is 17.2 Å². The maximum Gasteiger partial charge on any atom is 0.246 e. The van der Waals surface area contributed by atoms with Crippen LogP contribution in [0.2, 0.25) is 5.02 Å². The van der Waals surface area contributed by atoms with E-state index in [9.17, 15) is 4.79 Å². The lowest BCUT2D eigenvalue weighted by molar-refractivity contribution is -0.127. The fourth-order valence-corrected chi connectivity index (χ4v) is 3.46. The van der Waals surface area contributed by atoms with E-state index in [2.05, 4.69) is 4.90 Å². The molecule has 1 amide bonds. The summed E-state index contributed by atoms with van der Waals surface area (Å²) in [5, 5.41) is 0.618. The quantitative estimate of drug-likeness (QED) is 0.599. The molecule has 1 saturated heterocycles. The molecule has 0 spiro atoms. The van der Waals surface area contributed by atoms with E-state index in [1.54, 1.807) is 26.4 Å². The molecule has 3 rings (SSSR count). The molecule has 0 atom stereocenters. The predicted octanol–water partition coefficient (Wildman–Crippen LogP) is 3.59. The van der Waals surface area contributed by atoms with Gasteiger partial charge in [0.05, 0.1) is 19.2 Å². The largest absolute Gasteiger partial charge is 0.497 e. The zero-order chi connectivity index (χ0) is 21.3. The lowest BCUT2D eigenvalue weighted by Crippen LogP contribution is -2.49. The van der Waals surface area contributed by atoms with Gasteiger partial charge in [-0.2, -0.15) is 0 Å². The number of hydrogen-bond acceptors (Lipinski definition) is 5. The molecule has 6 nitrogen and oxygen atoms in total. The maximum atomic E-state index is 12.6. The van der Waals surface area contributed by atoms with Gasteiger partial charge in [-0.3, -0.25) is 9.69 Å². The van der Waals surface area contributed by atoms with E-state index >= 15 is 0 Å². The molecule has 30 heavy (non-hydrogen) atoms. The molecule has 1 aliphatic heterocycles. The summed E-state index contributed by atoms with van der Waals surface area (Å²) >= 11 is 6.11. The number of ether oxygens (including phenoxy) is 3. The van der Waals surface area contributed by atoms with Crippen LogP contribution in [-0.2, 0) is 4.79 Å². The van der Waals surface area contributed by atoms with E-state index in [0.717, 1.165) is 30.9 Å². The molecule has 0 radical (unpaired) electrons. The lowest BCUT2D eigenvalue weighted by Gasteiger charge is -2.34. The third-order valence-electron chi connectivity index (χ3n) is 5.03. The van der Waals surface area contributed by atoms with Gasteiger partial charge >= 0.3 is 0 Å². The molecular weight excluding hydrogens is 404 g/mol. The number of piperazine rings is 1. The fourth-order valence-electron chi connectivity index (χ4n) is 3.27. The zero-order valence-electron chi connectivity index (χ0n) is 17.3. The van der Waals surface area contributed by atoms with Crippen LogP contribution in [0.1, 0.15) is 5.56 Å². The van der Waals surface area contributed by atoms with Gasteiger partial charge in [-0.05, 0) is 36.4 Å². The van der Waals surface area contributed by atoms with Crippen molar-refractivity contribution in [3.05, 3.63) is 59.1 Å². The van der Waals surface area contributed by atoms with Crippen LogP contribution in [0.3, 0.4) is 0 Å². The van der Waals surface area contributed by atoms with Crippen molar-refractivity contribution in [1.29, 1.82) is 0 Å². The SMILES string of the molecule is COc1ccc(OC)c(/C=C/C(=O)N2CCN(CCOc3ccccc3Cl)CC2)c1. The molecule has 160 valence electrons. The monoisotopic (exact) mass is 430 g/mol. The predicted molar refractivity (Wildman–Crippen MR) is 119 cm³/mol. The standard InChI is InChI=1S/C23H27ClN2O4/c1-28-19-8-9-21(29-2)18(17-19)7-10-23(27)26-13-11-25(12-14-26)15-16-30-22-6-4-3-5-20(22)24/h3-10,17H,11-16H2,1-2H3/b10-7+. The van der Waals surface area contributed by atoms with E-state index in [1.807, 2.05) is 47.4 Å². The van der Waals surface area contributed by atoms with E-state index in [4.69, 9.17) is 25.8 Å². The third-order valence-corrected chi connectivity index (χ3v) is 5.34. The average Bonchev–Trinajstić information content (AvgIpc) is 2.79. The molecule has 0 bridgehead atoms. The maximum absolute atomic E-state index is 12.6. The molecule has 2 aromatic rings. The number of halogens is 1. The Morgan fingerprint density at radius 1 is 1.03 bits per heavy atom. The Morgan fingerprint density at radius 3 is 2.50 bits per heavy atom. The highest BCUT2D eigenvalue weighted by Gasteiger charge is 2.19. The first-order valence-electron chi connectivity index (χ1n) is 9.89. The van der Waals surface area contributed by atoms with Crippen LogP contribution >= 0.6 is 11.6 Å². The Labute approximate surface area is 182 Å². The van der Waals surface area contributed by atoms with Gasteiger partial charge in [-0.1, -0.05) is 23.7 Å². The summed E-state index contributed by atoms with van der Waals surface area (Å²) in [6, 6.07) is 13.0. The van der Waals surface area contributed by atoms with Crippen molar-refractivity contribution < 1.29 is 19.0 Å². The van der Waals surface area contributed by atoms with Crippen molar-refractivity contribution in [2.45, 2.75) is 0 Å². The summed E-state index contributed by atoms with van der Waals surface area (Å²) in [6.07, 6.45) is 3.36. The summed E-state index contributed by atoms with van der Waals surface area (Å²) in [6.45, 7) is 4.36. The minimum atomic E-state index is -0.00756. The molecule has 1 heterocycles. The number of hydrogen-bond donors (Lipinski definition) is 0. The lowest BCUT2D eigenvalue weighted by atomic mass is 10.1. The second-order valence-corrected chi connectivity index (χ2v) is 7.29. The van der Waals surface area contributed by atoms with Crippen molar-refractivity contribution in [1.82, 2.24) is 9.80 Å². The number of carbonyl (C=O) groups is 1. The molecule has 0 unspecified atom stereocenters. The van der Waals surface area contributed by atoms with Crippen molar-refractivity contribution in [2.75, 3.05) is 53.6 Å². The molecule has 0 saturated carbocycles. The van der Waals surface area contributed by atoms with E-state index in [-0.39, 0.29) is 5.91 Å². The summed E-state index contributed by atoms with van der Waals surface area (Å²) in [7, 11) is 3.22. The first-order chi connectivity index (χ1) is 14.6. The van der Waals surface area contributed by atoms with Crippen molar-refractivity contribution in [2.24, 2.45) is 0 Å². The van der Waals surface area contributed by atoms with Gasteiger partial charge in [-0.15, -0.1) is 0 Å². The molecular formula is C23H27ClN2O4. The smallest absolute Gasteiger partial charge is 0.246 e. The third kappa shape index (κ3) is 5.90. The summed E-state index contributed by atoms with van der Waals surface area (Å²) in [5.74, 6) is 2.11. The molecule has 1 fully saturated rings. The van der Waals surface area contributed by atoms with Gasteiger partial charge < -0.3 is 19.1 Å². The average molecular weight is 431 g/mol. The van der Waals surface area contributed by atoms with Gasteiger partial charge in [-0.25, -0.2) is 0 Å². The number of rotatable bonds is 8. The molecule has 0 N–H and O–H groups in total. The van der Waals surface area contributed by atoms with Gasteiger partial charge in [0, 0.05) is 44.4 Å². The van der Waals surface area contributed by atoms with Crippen LogP contribution < -0.4 is 14.2 Å².